The van der Waals surface area contributed by atoms with E-state index in [1.807, 2.05) is 24.3 Å². The molecule has 4 nitrogen and oxygen atoms in total. The Morgan fingerprint density at radius 3 is 2.76 bits per heavy atom. The van der Waals surface area contributed by atoms with Crippen LogP contribution in [-0.2, 0) is 4.74 Å². The fourth-order valence-electron chi connectivity index (χ4n) is 2.04. The highest BCUT2D eigenvalue weighted by Crippen LogP contribution is 2.22. The van der Waals surface area contributed by atoms with Gasteiger partial charge in [-0.15, -0.1) is 0 Å². The number of benzene rings is 2. The van der Waals surface area contributed by atoms with Crippen molar-refractivity contribution in [1.82, 2.24) is 9.97 Å². The molecule has 21 heavy (non-hydrogen) atoms. The predicted molar refractivity (Wildman–Crippen MR) is 81.3 cm³/mol. The van der Waals surface area contributed by atoms with Crippen molar-refractivity contribution < 1.29 is 9.53 Å². The van der Waals surface area contributed by atoms with Crippen LogP contribution in [0.1, 0.15) is 10.4 Å². The van der Waals surface area contributed by atoms with Gasteiger partial charge in [-0.1, -0.05) is 23.7 Å². The summed E-state index contributed by atoms with van der Waals surface area (Å²) in [7, 11) is 1.35. The van der Waals surface area contributed by atoms with Crippen molar-refractivity contribution in [2.75, 3.05) is 7.11 Å². The Labute approximate surface area is 126 Å². The highest BCUT2D eigenvalue weighted by atomic mass is 35.5. The number of esters is 1. The maximum atomic E-state index is 11.5. The number of halogens is 1. The molecule has 0 aliphatic carbocycles. The molecule has 0 unspecified atom stereocenters. The van der Waals surface area contributed by atoms with Gasteiger partial charge in [0.05, 0.1) is 35.6 Å². The summed E-state index contributed by atoms with van der Waals surface area (Å²) in [5.74, 6) is -0.391. The summed E-state index contributed by atoms with van der Waals surface area (Å²) < 4.78 is 4.69. The Balaban J connectivity index is 2.07. The fourth-order valence-corrected chi connectivity index (χ4v) is 2.23. The SMILES string of the molecule is COC(=O)c1ccc2nc(-c3cccc(Cl)c3)cnc2c1. The van der Waals surface area contributed by atoms with E-state index in [0.29, 0.717) is 21.6 Å². The first kappa shape index (κ1) is 13.5. The average Bonchev–Trinajstić information content (AvgIpc) is 2.53. The summed E-state index contributed by atoms with van der Waals surface area (Å²) in [4.78, 5) is 20.4. The molecule has 104 valence electrons. The van der Waals surface area contributed by atoms with Crippen molar-refractivity contribution in [2.24, 2.45) is 0 Å². The third-order valence-corrected chi connectivity index (χ3v) is 3.32. The lowest BCUT2D eigenvalue weighted by atomic mass is 10.1. The second kappa shape index (κ2) is 5.50. The minimum absolute atomic E-state index is 0.391. The second-order valence-electron chi connectivity index (χ2n) is 4.46. The van der Waals surface area contributed by atoms with Crippen LogP contribution in [0.15, 0.2) is 48.7 Å². The maximum absolute atomic E-state index is 11.5. The molecule has 0 aliphatic heterocycles. The van der Waals surface area contributed by atoms with Crippen molar-refractivity contribution in [3.05, 3.63) is 59.2 Å². The standard InChI is InChI=1S/C16H11ClN2O2/c1-21-16(20)11-5-6-13-14(8-11)18-9-15(19-13)10-3-2-4-12(17)7-10/h2-9H,1H3. The van der Waals surface area contributed by atoms with Gasteiger partial charge in [0.15, 0.2) is 0 Å². The van der Waals surface area contributed by atoms with Gasteiger partial charge >= 0.3 is 5.97 Å². The number of fused-ring (bicyclic) bond motifs is 1. The van der Waals surface area contributed by atoms with Gasteiger partial charge in [0.2, 0.25) is 0 Å². The van der Waals surface area contributed by atoms with Crippen molar-refractivity contribution in [3.8, 4) is 11.3 Å². The molecule has 3 aromatic rings. The quantitative estimate of drug-likeness (QED) is 0.676. The highest BCUT2D eigenvalue weighted by molar-refractivity contribution is 6.30. The summed E-state index contributed by atoms with van der Waals surface area (Å²) >= 11 is 5.98. The van der Waals surface area contributed by atoms with E-state index in [1.165, 1.54) is 7.11 Å². The Morgan fingerprint density at radius 1 is 1.14 bits per heavy atom. The van der Waals surface area contributed by atoms with Gasteiger partial charge in [0.25, 0.3) is 0 Å². The number of methoxy groups -OCH3 is 1. The first-order chi connectivity index (χ1) is 10.2. The van der Waals surface area contributed by atoms with Gasteiger partial charge in [-0.2, -0.15) is 0 Å². The first-order valence-corrected chi connectivity index (χ1v) is 6.66. The zero-order valence-corrected chi connectivity index (χ0v) is 12.0. The first-order valence-electron chi connectivity index (χ1n) is 6.28. The Bertz CT molecular complexity index is 833. The van der Waals surface area contributed by atoms with E-state index in [4.69, 9.17) is 11.6 Å². The number of nitrogens with zero attached hydrogens (tertiary/aromatic N) is 2. The lowest BCUT2D eigenvalue weighted by Gasteiger charge is -2.04. The van der Waals surface area contributed by atoms with Gasteiger partial charge in [-0.3, -0.25) is 4.98 Å². The van der Waals surface area contributed by atoms with Crippen LogP contribution in [0.25, 0.3) is 22.3 Å². The number of hydrogen-bond donors (Lipinski definition) is 0. The largest absolute Gasteiger partial charge is 0.465 e. The summed E-state index contributed by atoms with van der Waals surface area (Å²) in [5, 5.41) is 0.649. The molecule has 0 atom stereocenters. The Morgan fingerprint density at radius 2 is 2.00 bits per heavy atom. The van der Waals surface area contributed by atoms with Crippen molar-refractivity contribution in [2.45, 2.75) is 0 Å². The average molecular weight is 299 g/mol. The molecule has 0 saturated heterocycles. The van der Waals surface area contributed by atoms with Gasteiger partial charge in [-0.05, 0) is 30.3 Å². The molecule has 5 heteroatoms. The van der Waals surface area contributed by atoms with Crippen molar-refractivity contribution >= 4 is 28.6 Å². The normalized spacial score (nSPS) is 10.6. The Kier molecular flexibility index (Phi) is 3.54. The number of carbonyl (C=O) groups excluding carboxylic acids is 1. The van der Waals surface area contributed by atoms with E-state index in [2.05, 4.69) is 14.7 Å². The second-order valence-corrected chi connectivity index (χ2v) is 4.90. The summed E-state index contributed by atoms with van der Waals surface area (Å²) in [5.41, 5.74) is 3.43. The van der Waals surface area contributed by atoms with Crippen molar-refractivity contribution in [3.63, 3.8) is 0 Å². The zero-order valence-electron chi connectivity index (χ0n) is 11.2. The number of ether oxygens (including phenoxy) is 1. The van der Waals surface area contributed by atoms with Crippen LogP contribution in [-0.4, -0.2) is 23.0 Å². The van der Waals surface area contributed by atoms with E-state index < -0.39 is 5.97 Å². The van der Waals surface area contributed by atoms with Crippen LogP contribution in [0, 0.1) is 0 Å². The van der Waals surface area contributed by atoms with Crippen LogP contribution >= 0.6 is 11.6 Å². The molecule has 1 heterocycles. The number of hydrogen-bond acceptors (Lipinski definition) is 4. The molecule has 0 N–H and O–H groups in total. The van der Waals surface area contributed by atoms with E-state index in [1.54, 1.807) is 24.4 Å². The van der Waals surface area contributed by atoms with Gasteiger partial charge < -0.3 is 4.74 Å². The summed E-state index contributed by atoms with van der Waals surface area (Å²) in [6.07, 6.45) is 1.66. The fraction of sp³-hybridized carbons (Fsp3) is 0.0625. The van der Waals surface area contributed by atoms with Crippen LogP contribution in [0.5, 0.6) is 0 Å². The van der Waals surface area contributed by atoms with Gasteiger partial charge in [0, 0.05) is 10.6 Å². The van der Waals surface area contributed by atoms with Gasteiger partial charge in [0.1, 0.15) is 0 Å². The third kappa shape index (κ3) is 2.71. The lowest BCUT2D eigenvalue weighted by Crippen LogP contribution is -2.01. The van der Waals surface area contributed by atoms with Crippen LogP contribution < -0.4 is 0 Å². The van der Waals surface area contributed by atoms with Crippen LogP contribution in [0.3, 0.4) is 0 Å². The predicted octanol–water partition coefficient (Wildman–Crippen LogP) is 3.74. The highest BCUT2D eigenvalue weighted by Gasteiger charge is 2.08. The van der Waals surface area contributed by atoms with Crippen LogP contribution in [0.2, 0.25) is 5.02 Å². The number of aromatic nitrogens is 2. The molecule has 0 amide bonds. The monoisotopic (exact) mass is 298 g/mol. The van der Waals surface area contributed by atoms with E-state index >= 15 is 0 Å². The molecule has 0 fully saturated rings. The molecule has 1 aromatic heterocycles. The molecular weight excluding hydrogens is 288 g/mol. The van der Waals surface area contributed by atoms with Crippen molar-refractivity contribution in [1.29, 1.82) is 0 Å². The molecule has 0 bridgehead atoms. The van der Waals surface area contributed by atoms with E-state index in [0.717, 1.165) is 11.3 Å². The van der Waals surface area contributed by atoms with Gasteiger partial charge in [-0.25, -0.2) is 9.78 Å². The number of rotatable bonds is 2. The summed E-state index contributed by atoms with van der Waals surface area (Å²) in [6, 6.07) is 12.5. The maximum Gasteiger partial charge on any atom is 0.337 e. The Hall–Kier alpha value is -2.46. The van der Waals surface area contributed by atoms with E-state index in [9.17, 15) is 4.79 Å². The molecule has 0 spiro atoms. The molecule has 2 aromatic carbocycles. The molecule has 0 saturated carbocycles. The molecule has 0 radical (unpaired) electrons. The van der Waals surface area contributed by atoms with Crippen LogP contribution in [0.4, 0.5) is 0 Å². The third-order valence-electron chi connectivity index (χ3n) is 3.08. The zero-order chi connectivity index (χ0) is 14.8. The molecular formula is C16H11ClN2O2. The number of carbonyl (C=O) groups is 1. The minimum Gasteiger partial charge on any atom is -0.465 e. The minimum atomic E-state index is -0.391. The smallest absolute Gasteiger partial charge is 0.337 e. The van der Waals surface area contributed by atoms with E-state index in [-0.39, 0.29) is 0 Å². The molecule has 3 rings (SSSR count). The topological polar surface area (TPSA) is 52.1 Å². The molecule has 0 aliphatic rings. The lowest BCUT2D eigenvalue weighted by molar-refractivity contribution is 0.0601. The summed E-state index contributed by atoms with van der Waals surface area (Å²) in [6.45, 7) is 0.